The molecule has 2 heterocycles. The van der Waals surface area contributed by atoms with Gasteiger partial charge in [0.2, 0.25) is 5.91 Å². The second kappa shape index (κ2) is 7.48. The summed E-state index contributed by atoms with van der Waals surface area (Å²) < 4.78 is 1.46. The fourth-order valence-electron chi connectivity index (χ4n) is 3.59. The van der Waals surface area contributed by atoms with Gasteiger partial charge in [-0.05, 0) is 31.6 Å². The van der Waals surface area contributed by atoms with Crippen LogP contribution in [0.2, 0.25) is 0 Å². The summed E-state index contributed by atoms with van der Waals surface area (Å²) in [6.07, 6.45) is 5.85. The molecule has 0 unspecified atom stereocenters. The number of hydrogen-bond acceptors (Lipinski definition) is 5. The van der Waals surface area contributed by atoms with E-state index < -0.39 is 0 Å². The van der Waals surface area contributed by atoms with Crippen LogP contribution in [0, 0.1) is 5.92 Å². The predicted molar refractivity (Wildman–Crippen MR) is 90.5 cm³/mol. The molecule has 4 N–H and O–H groups in total. The molecule has 1 aliphatic carbocycles. The predicted octanol–water partition coefficient (Wildman–Crippen LogP) is -0.641. The average molecular weight is 336 g/mol. The molecule has 0 aromatic carbocycles. The van der Waals surface area contributed by atoms with Gasteiger partial charge in [0.25, 0.3) is 0 Å². The monoisotopic (exact) mass is 336 g/mol. The van der Waals surface area contributed by atoms with Gasteiger partial charge in [0.15, 0.2) is 0 Å². The third-order valence-electron chi connectivity index (χ3n) is 5.27. The zero-order valence-corrected chi connectivity index (χ0v) is 14.3. The Morgan fingerprint density at radius 1 is 1.33 bits per heavy atom. The quantitative estimate of drug-likeness (QED) is 0.585. The molecule has 1 saturated heterocycles. The van der Waals surface area contributed by atoms with E-state index in [1.807, 2.05) is 0 Å². The van der Waals surface area contributed by atoms with Crippen LogP contribution >= 0.6 is 0 Å². The van der Waals surface area contributed by atoms with Gasteiger partial charge < -0.3 is 11.1 Å². The van der Waals surface area contributed by atoms with Gasteiger partial charge in [0.05, 0.1) is 0 Å². The standard InChI is InChI=1S/C16H28N6O2/c1-21-14(19-20-16(21)24)6-7-18-15(23)8-12-4-5-13(9-17)22(12)10-11-2-3-11/h11-13H,2-10,17H2,1H3,(H,18,23)(H,20,24)/t12-,13+/m0/s1. The van der Waals surface area contributed by atoms with E-state index in [0.29, 0.717) is 43.8 Å². The van der Waals surface area contributed by atoms with Gasteiger partial charge in [0.1, 0.15) is 5.82 Å². The smallest absolute Gasteiger partial charge is 0.343 e. The molecule has 8 nitrogen and oxygen atoms in total. The van der Waals surface area contributed by atoms with Crippen LogP contribution in [0.25, 0.3) is 0 Å². The molecule has 2 aliphatic rings. The lowest BCUT2D eigenvalue weighted by Crippen LogP contribution is -2.43. The topological polar surface area (TPSA) is 109 Å². The Balaban J connectivity index is 1.45. The number of nitrogens with two attached hydrogens (primary N) is 1. The summed E-state index contributed by atoms with van der Waals surface area (Å²) >= 11 is 0. The molecule has 2 fully saturated rings. The first-order valence-electron chi connectivity index (χ1n) is 8.91. The molecule has 1 aromatic rings. The van der Waals surface area contributed by atoms with E-state index in [-0.39, 0.29) is 11.6 Å². The van der Waals surface area contributed by atoms with Crippen LogP contribution in [0.15, 0.2) is 4.79 Å². The van der Waals surface area contributed by atoms with Crippen molar-refractivity contribution in [2.75, 3.05) is 19.6 Å². The molecule has 3 rings (SSSR count). The second-order valence-electron chi connectivity index (χ2n) is 7.07. The first kappa shape index (κ1) is 17.2. The van der Waals surface area contributed by atoms with E-state index in [4.69, 9.17) is 5.73 Å². The minimum atomic E-state index is -0.231. The first-order chi connectivity index (χ1) is 11.6. The Morgan fingerprint density at radius 2 is 2.08 bits per heavy atom. The maximum atomic E-state index is 12.3. The van der Waals surface area contributed by atoms with Gasteiger partial charge in [-0.15, -0.1) is 0 Å². The summed E-state index contributed by atoms with van der Waals surface area (Å²) in [5, 5.41) is 9.29. The van der Waals surface area contributed by atoms with Crippen molar-refractivity contribution in [2.24, 2.45) is 18.7 Å². The Kier molecular flexibility index (Phi) is 5.35. The molecule has 0 spiro atoms. The summed E-state index contributed by atoms with van der Waals surface area (Å²) in [7, 11) is 1.67. The van der Waals surface area contributed by atoms with Crippen LogP contribution in [0.4, 0.5) is 0 Å². The zero-order chi connectivity index (χ0) is 17.1. The van der Waals surface area contributed by atoms with Gasteiger partial charge >= 0.3 is 5.69 Å². The minimum Gasteiger partial charge on any atom is -0.356 e. The van der Waals surface area contributed by atoms with Gasteiger partial charge in [-0.2, -0.15) is 5.10 Å². The fourth-order valence-corrected chi connectivity index (χ4v) is 3.59. The maximum Gasteiger partial charge on any atom is 0.343 e. The SMILES string of the molecule is Cn1c(CCNC(=O)C[C@@H]2CC[C@H](CN)N2CC2CC2)n[nH]c1=O. The number of amides is 1. The van der Waals surface area contributed by atoms with E-state index in [1.165, 1.54) is 17.4 Å². The van der Waals surface area contributed by atoms with Crippen LogP contribution in [0.5, 0.6) is 0 Å². The molecule has 1 amide bonds. The first-order valence-corrected chi connectivity index (χ1v) is 8.91. The summed E-state index contributed by atoms with van der Waals surface area (Å²) in [4.78, 5) is 26.0. The fraction of sp³-hybridized carbons (Fsp3) is 0.812. The van der Waals surface area contributed by atoms with E-state index in [1.54, 1.807) is 7.05 Å². The average Bonchev–Trinajstić information content (AvgIpc) is 3.23. The lowest BCUT2D eigenvalue weighted by atomic mass is 10.1. The second-order valence-corrected chi connectivity index (χ2v) is 7.07. The highest BCUT2D eigenvalue weighted by molar-refractivity contribution is 5.76. The minimum absolute atomic E-state index is 0.0685. The normalized spacial score (nSPS) is 24.4. The maximum absolute atomic E-state index is 12.3. The number of nitrogens with one attached hydrogen (secondary N) is 2. The highest BCUT2D eigenvalue weighted by Gasteiger charge is 2.37. The molecular formula is C16H28N6O2. The molecule has 1 aliphatic heterocycles. The van der Waals surface area contributed by atoms with E-state index in [9.17, 15) is 9.59 Å². The molecule has 8 heteroatoms. The number of aromatic amines is 1. The third kappa shape index (κ3) is 4.05. The van der Waals surface area contributed by atoms with E-state index in [2.05, 4.69) is 20.4 Å². The van der Waals surface area contributed by atoms with Gasteiger partial charge in [0, 0.05) is 51.6 Å². The number of carbonyl (C=O) groups excluding carboxylic acids is 1. The number of hydrogen-bond donors (Lipinski definition) is 3. The molecular weight excluding hydrogens is 308 g/mol. The Hall–Kier alpha value is -1.67. The Bertz CT molecular complexity index is 620. The molecule has 0 bridgehead atoms. The van der Waals surface area contributed by atoms with Crippen molar-refractivity contribution in [3.8, 4) is 0 Å². The van der Waals surface area contributed by atoms with Crippen molar-refractivity contribution in [3.63, 3.8) is 0 Å². The number of carbonyl (C=O) groups is 1. The van der Waals surface area contributed by atoms with Crippen molar-refractivity contribution >= 4 is 5.91 Å². The summed E-state index contributed by atoms with van der Waals surface area (Å²) in [5.74, 6) is 1.53. The van der Waals surface area contributed by atoms with Crippen LogP contribution in [-0.2, 0) is 18.3 Å². The summed E-state index contributed by atoms with van der Waals surface area (Å²) in [5.41, 5.74) is 5.66. The molecule has 24 heavy (non-hydrogen) atoms. The number of H-pyrrole nitrogens is 1. The Morgan fingerprint density at radius 3 is 2.71 bits per heavy atom. The molecule has 2 atom stereocenters. The van der Waals surface area contributed by atoms with E-state index >= 15 is 0 Å². The lowest BCUT2D eigenvalue weighted by Gasteiger charge is -2.29. The van der Waals surface area contributed by atoms with Gasteiger partial charge in [-0.3, -0.25) is 14.3 Å². The van der Waals surface area contributed by atoms with Crippen molar-refractivity contribution in [1.29, 1.82) is 0 Å². The van der Waals surface area contributed by atoms with E-state index in [0.717, 1.165) is 25.3 Å². The van der Waals surface area contributed by atoms with Gasteiger partial charge in [-0.25, -0.2) is 9.89 Å². The highest BCUT2D eigenvalue weighted by atomic mass is 16.2. The molecule has 134 valence electrons. The van der Waals surface area contributed by atoms with Crippen LogP contribution < -0.4 is 16.7 Å². The Labute approximate surface area is 141 Å². The number of nitrogens with zero attached hydrogens (tertiary/aromatic N) is 3. The van der Waals surface area contributed by atoms with Crippen molar-refractivity contribution < 1.29 is 4.79 Å². The molecule has 0 radical (unpaired) electrons. The van der Waals surface area contributed by atoms with Crippen molar-refractivity contribution in [3.05, 3.63) is 16.3 Å². The summed E-state index contributed by atoms with van der Waals surface area (Å²) in [6, 6.07) is 0.746. The number of aromatic nitrogens is 3. The lowest BCUT2D eigenvalue weighted by molar-refractivity contribution is -0.122. The third-order valence-corrected chi connectivity index (χ3v) is 5.27. The van der Waals surface area contributed by atoms with Crippen LogP contribution in [-0.4, -0.2) is 57.3 Å². The molecule has 1 aromatic heterocycles. The van der Waals surface area contributed by atoms with Gasteiger partial charge in [-0.1, -0.05) is 0 Å². The molecule has 1 saturated carbocycles. The van der Waals surface area contributed by atoms with Crippen LogP contribution in [0.3, 0.4) is 0 Å². The summed E-state index contributed by atoms with van der Waals surface area (Å²) in [6.45, 7) is 2.26. The number of likely N-dealkylation sites (tertiary alicyclic amines) is 1. The zero-order valence-electron chi connectivity index (χ0n) is 14.3. The highest BCUT2D eigenvalue weighted by Crippen LogP contribution is 2.35. The number of rotatable bonds is 8. The van der Waals surface area contributed by atoms with Crippen molar-refractivity contribution in [2.45, 2.75) is 50.6 Å². The van der Waals surface area contributed by atoms with Crippen molar-refractivity contribution in [1.82, 2.24) is 25.0 Å². The van der Waals surface area contributed by atoms with Crippen LogP contribution in [0.1, 0.15) is 37.9 Å². The largest absolute Gasteiger partial charge is 0.356 e.